The molecule has 3 aliphatic heterocycles. The lowest BCUT2D eigenvalue weighted by Crippen LogP contribution is -2.49. The SMILES string of the molecule is CCOC(=O)C[C@@H]1NC(=O)[C@@H](N2C=C(CCN3CC(F)C3)C(C(F)(F)F)=CC2C)c2cc(Cl)cc(c2)Oc2cccc(C)c2-c2cc1c(F)c(C(F)(F)F)c2. The number of amides is 1. The molecular formula is C39H36ClF8N3O4. The second-order valence-corrected chi connectivity index (χ2v) is 14.1. The molecular weight excluding hydrogens is 762 g/mol. The summed E-state index contributed by atoms with van der Waals surface area (Å²) in [7, 11) is 0. The van der Waals surface area contributed by atoms with Crippen molar-refractivity contribution in [1.29, 1.82) is 0 Å². The van der Waals surface area contributed by atoms with Crippen LogP contribution in [0.1, 0.15) is 61.0 Å². The van der Waals surface area contributed by atoms with Gasteiger partial charge in [0.2, 0.25) is 5.91 Å². The molecule has 0 aliphatic carbocycles. The van der Waals surface area contributed by atoms with Crippen LogP contribution in [0, 0.1) is 12.7 Å². The van der Waals surface area contributed by atoms with E-state index in [4.69, 9.17) is 21.1 Å². The third kappa shape index (κ3) is 8.62. The molecule has 294 valence electrons. The van der Waals surface area contributed by atoms with Crippen LogP contribution in [0.4, 0.5) is 35.1 Å². The van der Waals surface area contributed by atoms with Gasteiger partial charge >= 0.3 is 18.3 Å². The van der Waals surface area contributed by atoms with E-state index in [9.17, 15) is 40.3 Å². The van der Waals surface area contributed by atoms with E-state index in [1.165, 1.54) is 49.2 Å². The fourth-order valence-corrected chi connectivity index (χ4v) is 7.40. The first-order chi connectivity index (χ1) is 25.8. The number of aryl methyl sites for hydroxylation is 1. The van der Waals surface area contributed by atoms with Crippen LogP contribution in [0.25, 0.3) is 11.1 Å². The van der Waals surface area contributed by atoms with Gasteiger partial charge in [-0.25, -0.2) is 8.78 Å². The maximum absolute atomic E-state index is 16.2. The Morgan fingerprint density at radius 3 is 2.44 bits per heavy atom. The Bertz CT molecular complexity index is 2040. The number of likely N-dealkylation sites (tertiary alicyclic amines) is 1. The maximum atomic E-state index is 16.2. The number of benzene rings is 3. The van der Waals surface area contributed by atoms with Gasteiger partial charge in [-0.15, -0.1) is 0 Å². The zero-order valence-electron chi connectivity index (χ0n) is 29.8. The number of rotatable bonds is 7. The topological polar surface area (TPSA) is 71.1 Å². The van der Waals surface area contributed by atoms with E-state index in [-0.39, 0.29) is 71.4 Å². The van der Waals surface area contributed by atoms with Gasteiger partial charge in [-0.3, -0.25) is 14.5 Å². The molecule has 55 heavy (non-hydrogen) atoms. The summed E-state index contributed by atoms with van der Waals surface area (Å²) in [5.74, 6) is -3.65. The third-order valence-electron chi connectivity index (χ3n) is 9.73. The van der Waals surface area contributed by atoms with E-state index < -0.39 is 77.5 Å². The number of nitrogens with zero attached hydrogens (tertiary/aromatic N) is 2. The highest BCUT2D eigenvalue weighted by molar-refractivity contribution is 6.30. The molecule has 7 nitrogen and oxygen atoms in total. The Kier molecular flexibility index (Phi) is 11.3. The molecule has 3 heterocycles. The lowest BCUT2D eigenvalue weighted by atomic mass is 9.91. The minimum atomic E-state index is -5.22. The second-order valence-electron chi connectivity index (χ2n) is 13.7. The molecule has 0 spiro atoms. The summed E-state index contributed by atoms with van der Waals surface area (Å²) >= 11 is 6.57. The number of hydrogen-bond donors (Lipinski definition) is 1. The number of ether oxygens (including phenoxy) is 2. The molecule has 3 atom stereocenters. The molecule has 1 saturated heterocycles. The van der Waals surface area contributed by atoms with E-state index in [2.05, 4.69) is 5.32 Å². The van der Waals surface area contributed by atoms with Crippen molar-refractivity contribution < 1.29 is 54.2 Å². The fourth-order valence-electron chi connectivity index (χ4n) is 7.16. The Morgan fingerprint density at radius 2 is 1.78 bits per heavy atom. The average Bonchev–Trinajstić information content (AvgIpc) is 3.06. The lowest BCUT2D eigenvalue weighted by Gasteiger charge is -2.40. The summed E-state index contributed by atoms with van der Waals surface area (Å²) in [6.07, 6.45) is -9.96. The molecule has 1 unspecified atom stereocenters. The summed E-state index contributed by atoms with van der Waals surface area (Å²) in [6, 6.07) is 6.12. The van der Waals surface area contributed by atoms with Crippen molar-refractivity contribution in [3.05, 3.63) is 105 Å². The predicted molar refractivity (Wildman–Crippen MR) is 187 cm³/mol. The standard InChI is InChI=1S/C39H36ClF8N3O4/c1-4-54-33(52)16-31-28-13-23(14-30(35(28)42)39(46,47)48)34-20(2)6-5-7-32(34)55-27-12-24(11-25(40)15-27)36(37(53)49-31)51-17-22(8-9-50-18-26(41)19-50)29(10-21(51)3)38(43,44)45/h5-7,10-15,17,21,26,31,36H,4,8-9,16,18-19H2,1-3H3,(H,49,53)/t21?,31-,36-/m0/s1. The number of hydrogen-bond acceptors (Lipinski definition) is 6. The fraction of sp³-hybridized carbons (Fsp3) is 0.385. The highest BCUT2D eigenvalue weighted by atomic mass is 35.5. The Hall–Kier alpha value is -4.63. The Labute approximate surface area is 316 Å². The number of allylic oxidation sites excluding steroid dienone is 1. The highest BCUT2D eigenvalue weighted by Gasteiger charge is 2.43. The van der Waals surface area contributed by atoms with Gasteiger partial charge in [0, 0.05) is 48.0 Å². The van der Waals surface area contributed by atoms with Crippen molar-refractivity contribution in [2.45, 2.75) is 70.3 Å². The summed E-state index contributed by atoms with van der Waals surface area (Å²) in [4.78, 5) is 30.6. The van der Waals surface area contributed by atoms with Crippen molar-refractivity contribution in [2.75, 3.05) is 26.2 Å². The largest absolute Gasteiger partial charge is 0.466 e. The van der Waals surface area contributed by atoms with Crippen LogP contribution < -0.4 is 10.1 Å². The molecule has 0 radical (unpaired) electrons. The number of halogens is 9. The minimum Gasteiger partial charge on any atom is -0.466 e. The monoisotopic (exact) mass is 797 g/mol. The Morgan fingerprint density at radius 1 is 1.05 bits per heavy atom. The van der Waals surface area contributed by atoms with Gasteiger partial charge in [-0.1, -0.05) is 23.7 Å². The van der Waals surface area contributed by atoms with Gasteiger partial charge in [0.05, 0.1) is 30.2 Å². The third-order valence-corrected chi connectivity index (χ3v) is 9.94. The maximum Gasteiger partial charge on any atom is 0.419 e. The first-order valence-electron chi connectivity index (χ1n) is 17.4. The summed E-state index contributed by atoms with van der Waals surface area (Å²) < 4.78 is 128. The van der Waals surface area contributed by atoms with E-state index in [1.54, 1.807) is 24.0 Å². The quantitative estimate of drug-likeness (QED) is 0.190. The molecule has 3 aliphatic rings. The number of carbonyl (C=O) groups is 2. The molecule has 3 aromatic carbocycles. The second kappa shape index (κ2) is 15.5. The molecule has 1 N–H and O–H groups in total. The average molecular weight is 798 g/mol. The van der Waals surface area contributed by atoms with Gasteiger partial charge in [0.15, 0.2) is 0 Å². The minimum absolute atomic E-state index is 0.0341. The van der Waals surface area contributed by atoms with Gasteiger partial charge in [-0.05, 0) is 91.9 Å². The molecule has 0 aromatic heterocycles. The van der Waals surface area contributed by atoms with Crippen LogP contribution in [-0.4, -0.2) is 66.3 Å². The first-order valence-corrected chi connectivity index (χ1v) is 17.8. The smallest absolute Gasteiger partial charge is 0.419 e. The predicted octanol–water partition coefficient (Wildman–Crippen LogP) is 9.55. The van der Waals surface area contributed by atoms with Crippen molar-refractivity contribution in [1.82, 2.24) is 15.1 Å². The van der Waals surface area contributed by atoms with Gasteiger partial charge in [0.25, 0.3) is 0 Å². The van der Waals surface area contributed by atoms with Gasteiger partial charge < -0.3 is 19.7 Å². The summed E-state index contributed by atoms with van der Waals surface area (Å²) in [6.45, 7) is 4.58. The number of alkyl halides is 7. The molecule has 16 heteroatoms. The van der Waals surface area contributed by atoms with Crippen LogP contribution in [0.15, 0.2) is 72.0 Å². The molecule has 3 aromatic rings. The lowest BCUT2D eigenvalue weighted by molar-refractivity contribution is -0.144. The van der Waals surface area contributed by atoms with Crippen molar-refractivity contribution >= 4 is 23.5 Å². The zero-order chi connectivity index (χ0) is 40.0. The highest BCUT2D eigenvalue weighted by Crippen LogP contribution is 2.45. The zero-order valence-corrected chi connectivity index (χ0v) is 30.5. The van der Waals surface area contributed by atoms with Gasteiger partial charge in [-0.2, -0.15) is 26.3 Å². The van der Waals surface area contributed by atoms with Crippen LogP contribution >= 0.6 is 11.6 Å². The first kappa shape index (κ1) is 40.0. The van der Waals surface area contributed by atoms with Gasteiger partial charge in [0.1, 0.15) is 29.5 Å². The van der Waals surface area contributed by atoms with Crippen molar-refractivity contribution in [3.8, 4) is 22.6 Å². The molecule has 1 fully saturated rings. The van der Waals surface area contributed by atoms with Crippen LogP contribution in [0.3, 0.4) is 0 Å². The van der Waals surface area contributed by atoms with E-state index in [1.807, 2.05) is 0 Å². The Balaban J connectivity index is 1.57. The van der Waals surface area contributed by atoms with Crippen LogP contribution in [-0.2, 0) is 20.5 Å². The van der Waals surface area contributed by atoms with Crippen molar-refractivity contribution in [2.24, 2.45) is 0 Å². The molecule has 6 rings (SSSR count). The van der Waals surface area contributed by atoms with Crippen LogP contribution in [0.5, 0.6) is 11.5 Å². The summed E-state index contributed by atoms with van der Waals surface area (Å²) in [5.41, 5.74) is -2.96. The number of esters is 1. The number of fused-ring (bicyclic) bond motifs is 6. The van der Waals surface area contributed by atoms with Crippen LogP contribution in [0.2, 0.25) is 5.02 Å². The van der Waals surface area contributed by atoms with E-state index in [0.717, 1.165) is 12.1 Å². The van der Waals surface area contributed by atoms with E-state index >= 15 is 4.39 Å². The normalized spacial score (nSPS) is 20.8. The van der Waals surface area contributed by atoms with Crippen molar-refractivity contribution in [3.63, 3.8) is 0 Å². The number of nitrogens with one attached hydrogen (secondary N) is 1. The molecule has 1 amide bonds. The van der Waals surface area contributed by atoms with E-state index in [0.29, 0.717) is 11.6 Å². The summed E-state index contributed by atoms with van der Waals surface area (Å²) in [5, 5.41) is 2.59. The molecule has 0 saturated carbocycles. The number of carbonyl (C=O) groups excluding carboxylic acids is 2. The molecule has 4 bridgehead atoms.